The summed E-state index contributed by atoms with van der Waals surface area (Å²) in [6, 6.07) is 7.89. The summed E-state index contributed by atoms with van der Waals surface area (Å²) >= 11 is 3.47. The first-order chi connectivity index (χ1) is 8.66. The van der Waals surface area contributed by atoms with E-state index in [2.05, 4.69) is 20.8 Å². The van der Waals surface area contributed by atoms with E-state index in [1.54, 1.807) is 0 Å². The highest BCUT2D eigenvalue weighted by Crippen LogP contribution is 2.24. The average molecular weight is 314 g/mol. The summed E-state index contributed by atoms with van der Waals surface area (Å²) in [5, 5.41) is 9.55. The van der Waals surface area contributed by atoms with Crippen LogP contribution in [0.2, 0.25) is 0 Å². The number of benzene rings is 1. The lowest BCUT2D eigenvalue weighted by Gasteiger charge is -2.17. The van der Waals surface area contributed by atoms with E-state index in [9.17, 15) is 5.11 Å². The number of hydrogen-bond acceptors (Lipinski definition) is 3. The van der Waals surface area contributed by atoms with Gasteiger partial charge in [-0.25, -0.2) is 0 Å². The molecule has 1 saturated heterocycles. The average Bonchev–Trinajstić information content (AvgIpc) is 2.80. The molecule has 0 saturated carbocycles. The maximum Gasteiger partial charge on any atom is 0.133 e. The minimum atomic E-state index is -0.195. The van der Waals surface area contributed by atoms with Crippen molar-refractivity contribution in [2.75, 3.05) is 26.2 Å². The first kappa shape index (κ1) is 13.8. The second kappa shape index (κ2) is 6.55. The van der Waals surface area contributed by atoms with E-state index in [0.717, 1.165) is 36.3 Å². The maximum atomic E-state index is 9.55. The van der Waals surface area contributed by atoms with Gasteiger partial charge in [-0.2, -0.15) is 0 Å². The van der Waals surface area contributed by atoms with Crippen LogP contribution in [0.1, 0.15) is 13.3 Å². The van der Waals surface area contributed by atoms with E-state index >= 15 is 0 Å². The van der Waals surface area contributed by atoms with Crippen LogP contribution < -0.4 is 4.74 Å². The van der Waals surface area contributed by atoms with Crippen molar-refractivity contribution in [3.05, 3.63) is 28.7 Å². The Bertz CT molecular complexity index is 384. The Morgan fingerprint density at radius 3 is 2.94 bits per heavy atom. The molecule has 2 rings (SSSR count). The van der Waals surface area contributed by atoms with Crippen molar-refractivity contribution in [1.29, 1.82) is 0 Å². The molecule has 2 unspecified atom stereocenters. The van der Waals surface area contributed by atoms with Gasteiger partial charge >= 0.3 is 0 Å². The topological polar surface area (TPSA) is 32.7 Å². The van der Waals surface area contributed by atoms with E-state index in [0.29, 0.717) is 12.5 Å². The molecule has 2 atom stereocenters. The SMILES string of the molecule is CC(O)C1CCN(CCOc2ccccc2Br)C1. The molecule has 0 aromatic heterocycles. The second-order valence-electron chi connectivity index (χ2n) is 4.87. The minimum Gasteiger partial charge on any atom is -0.491 e. The number of aliphatic hydroxyl groups excluding tert-OH is 1. The zero-order valence-electron chi connectivity index (χ0n) is 10.7. The number of rotatable bonds is 5. The molecule has 100 valence electrons. The van der Waals surface area contributed by atoms with Gasteiger partial charge in [0.05, 0.1) is 10.6 Å². The van der Waals surface area contributed by atoms with Crippen LogP contribution in [-0.4, -0.2) is 42.4 Å². The van der Waals surface area contributed by atoms with Crippen LogP contribution in [0.5, 0.6) is 5.75 Å². The summed E-state index contributed by atoms with van der Waals surface area (Å²) in [6.07, 6.45) is 0.895. The number of aliphatic hydroxyl groups is 1. The zero-order chi connectivity index (χ0) is 13.0. The molecule has 1 aliphatic rings. The first-order valence-electron chi connectivity index (χ1n) is 6.44. The van der Waals surface area contributed by atoms with Crippen LogP contribution in [0.15, 0.2) is 28.7 Å². The lowest BCUT2D eigenvalue weighted by molar-refractivity contribution is 0.125. The van der Waals surface area contributed by atoms with Gasteiger partial charge in [0.1, 0.15) is 12.4 Å². The molecule has 1 aromatic rings. The predicted octanol–water partition coefficient (Wildman–Crippen LogP) is 2.53. The quantitative estimate of drug-likeness (QED) is 0.906. The van der Waals surface area contributed by atoms with Crippen molar-refractivity contribution in [2.24, 2.45) is 5.92 Å². The van der Waals surface area contributed by atoms with Crippen LogP contribution in [0.4, 0.5) is 0 Å². The smallest absolute Gasteiger partial charge is 0.133 e. The zero-order valence-corrected chi connectivity index (χ0v) is 12.3. The Labute approximate surface area is 117 Å². The van der Waals surface area contributed by atoms with Gasteiger partial charge in [0.2, 0.25) is 0 Å². The van der Waals surface area contributed by atoms with Crippen LogP contribution in [0.25, 0.3) is 0 Å². The molecule has 0 radical (unpaired) electrons. The van der Waals surface area contributed by atoms with Crippen molar-refractivity contribution in [2.45, 2.75) is 19.4 Å². The third-order valence-electron chi connectivity index (χ3n) is 3.49. The molecular weight excluding hydrogens is 294 g/mol. The summed E-state index contributed by atoms with van der Waals surface area (Å²) in [5.41, 5.74) is 0. The molecule has 0 bridgehead atoms. The third kappa shape index (κ3) is 3.70. The molecule has 0 spiro atoms. The molecule has 1 aromatic carbocycles. The number of likely N-dealkylation sites (tertiary alicyclic amines) is 1. The van der Waals surface area contributed by atoms with Gasteiger partial charge in [0, 0.05) is 13.1 Å². The Kier molecular flexibility index (Phi) is 5.03. The third-order valence-corrected chi connectivity index (χ3v) is 4.15. The van der Waals surface area contributed by atoms with Crippen LogP contribution in [0.3, 0.4) is 0 Å². The van der Waals surface area contributed by atoms with Crippen molar-refractivity contribution in [3.63, 3.8) is 0 Å². The maximum absolute atomic E-state index is 9.55. The lowest BCUT2D eigenvalue weighted by Crippen LogP contribution is -2.28. The normalized spacial score (nSPS) is 22.1. The Hall–Kier alpha value is -0.580. The van der Waals surface area contributed by atoms with E-state index < -0.39 is 0 Å². The van der Waals surface area contributed by atoms with E-state index in [-0.39, 0.29) is 6.10 Å². The molecule has 1 N–H and O–H groups in total. The molecule has 1 fully saturated rings. The van der Waals surface area contributed by atoms with E-state index in [4.69, 9.17) is 4.74 Å². The van der Waals surface area contributed by atoms with Gasteiger partial charge in [0.25, 0.3) is 0 Å². The highest BCUT2D eigenvalue weighted by Gasteiger charge is 2.25. The van der Waals surface area contributed by atoms with Crippen LogP contribution in [0, 0.1) is 5.92 Å². The highest BCUT2D eigenvalue weighted by atomic mass is 79.9. The fraction of sp³-hybridized carbons (Fsp3) is 0.571. The molecule has 3 nitrogen and oxygen atoms in total. The standard InChI is InChI=1S/C14H20BrNO2/c1-11(17)12-6-7-16(10-12)8-9-18-14-5-3-2-4-13(14)15/h2-5,11-12,17H,6-10H2,1H3. The van der Waals surface area contributed by atoms with E-state index in [1.807, 2.05) is 31.2 Å². The second-order valence-corrected chi connectivity index (χ2v) is 5.72. The summed E-state index contributed by atoms with van der Waals surface area (Å²) in [5.74, 6) is 1.32. The Morgan fingerprint density at radius 1 is 1.50 bits per heavy atom. The molecular formula is C14H20BrNO2. The molecule has 0 amide bonds. The summed E-state index contributed by atoms with van der Waals surface area (Å²) < 4.78 is 6.74. The number of nitrogens with zero attached hydrogens (tertiary/aromatic N) is 1. The number of hydrogen-bond donors (Lipinski definition) is 1. The number of para-hydroxylation sites is 1. The highest BCUT2D eigenvalue weighted by molar-refractivity contribution is 9.10. The van der Waals surface area contributed by atoms with E-state index in [1.165, 1.54) is 0 Å². The van der Waals surface area contributed by atoms with Gasteiger partial charge in [-0.3, -0.25) is 4.90 Å². The van der Waals surface area contributed by atoms with Crippen LogP contribution >= 0.6 is 15.9 Å². The number of halogens is 1. The number of ether oxygens (including phenoxy) is 1. The Balaban J connectivity index is 1.72. The summed E-state index contributed by atoms with van der Waals surface area (Å²) in [7, 11) is 0. The van der Waals surface area contributed by atoms with Gasteiger partial charge in [-0.15, -0.1) is 0 Å². The molecule has 0 aliphatic carbocycles. The van der Waals surface area contributed by atoms with Gasteiger partial charge in [-0.1, -0.05) is 12.1 Å². The largest absolute Gasteiger partial charge is 0.491 e. The molecule has 1 heterocycles. The van der Waals surface area contributed by atoms with Gasteiger partial charge < -0.3 is 9.84 Å². The molecule has 4 heteroatoms. The molecule has 18 heavy (non-hydrogen) atoms. The summed E-state index contributed by atoms with van der Waals surface area (Å²) in [6.45, 7) is 5.54. The van der Waals surface area contributed by atoms with Crippen LogP contribution in [-0.2, 0) is 0 Å². The lowest BCUT2D eigenvalue weighted by atomic mass is 10.0. The van der Waals surface area contributed by atoms with Gasteiger partial charge in [0.15, 0.2) is 0 Å². The van der Waals surface area contributed by atoms with Crippen molar-refractivity contribution >= 4 is 15.9 Å². The monoisotopic (exact) mass is 313 g/mol. The Morgan fingerprint density at radius 2 is 2.28 bits per heavy atom. The molecule has 1 aliphatic heterocycles. The predicted molar refractivity (Wildman–Crippen MR) is 75.9 cm³/mol. The van der Waals surface area contributed by atoms with Crippen molar-refractivity contribution < 1.29 is 9.84 Å². The van der Waals surface area contributed by atoms with Crippen molar-refractivity contribution in [1.82, 2.24) is 4.90 Å². The van der Waals surface area contributed by atoms with Crippen molar-refractivity contribution in [3.8, 4) is 5.75 Å². The minimum absolute atomic E-state index is 0.195. The first-order valence-corrected chi connectivity index (χ1v) is 7.24. The van der Waals surface area contributed by atoms with Gasteiger partial charge in [-0.05, 0) is 53.9 Å². The summed E-state index contributed by atoms with van der Waals surface area (Å²) in [4.78, 5) is 2.36. The fourth-order valence-electron chi connectivity index (χ4n) is 2.31. The fourth-order valence-corrected chi connectivity index (χ4v) is 2.71.